The fourth-order valence-electron chi connectivity index (χ4n) is 8.36. The van der Waals surface area contributed by atoms with Crippen LogP contribution in [0.3, 0.4) is 0 Å². The molecule has 0 aromatic rings. The van der Waals surface area contributed by atoms with E-state index < -0.39 is 6.10 Å². The van der Waals surface area contributed by atoms with Crippen LogP contribution in [0.4, 0.5) is 0 Å². The Morgan fingerprint density at radius 1 is 0.328 bits per heavy atom. The van der Waals surface area contributed by atoms with E-state index in [-0.39, 0.29) is 31.1 Å². The molecule has 0 spiro atoms. The summed E-state index contributed by atoms with van der Waals surface area (Å²) >= 11 is 0. The third-order valence-electron chi connectivity index (χ3n) is 12.9. The molecule has 6 heteroatoms. The van der Waals surface area contributed by atoms with Crippen LogP contribution in [0.15, 0.2) is 0 Å². The Balaban J connectivity index is 4.31. The van der Waals surface area contributed by atoms with Crippen molar-refractivity contribution < 1.29 is 28.6 Å². The second kappa shape index (κ2) is 49.4. The molecule has 0 aromatic heterocycles. The van der Waals surface area contributed by atoms with Gasteiger partial charge in [-0.1, -0.05) is 272 Å². The number of hydrogen-bond donors (Lipinski definition) is 0. The van der Waals surface area contributed by atoms with Crippen molar-refractivity contribution in [2.24, 2.45) is 5.92 Å². The van der Waals surface area contributed by atoms with Gasteiger partial charge in [0.1, 0.15) is 13.2 Å². The first-order valence-electron chi connectivity index (χ1n) is 27.4. The van der Waals surface area contributed by atoms with Crippen molar-refractivity contribution >= 4 is 17.9 Å². The van der Waals surface area contributed by atoms with Crippen molar-refractivity contribution in [2.75, 3.05) is 13.2 Å². The van der Waals surface area contributed by atoms with Gasteiger partial charge in [-0.15, -0.1) is 0 Å². The first-order valence-corrected chi connectivity index (χ1v) is 27.4. The van der Waals surface area contributed by atoms with Gasteiger partial charge in [0, 0.05) is 19.3 Å². The fourth-order valence-corrected chi connectivity index (χ4v) is 8.36. The van der Waals surface area contributed by atoms with Gasteiger partial charge in [0.2, 0.25) is 0 Å². The van der Waals surface area contributed by atoms with E-state index in [0.29, 0.717) is 19.3 Å². The minimum Gasteiger partial charge on any atom is -0.462 e. The Labute approximate surface area is 380 Å². The zero-order chi connectivity index (χ0) is 44.5. The van der Waals surface area contributed by atoms with Crippen LogP contribution in [0.5, 0.6) is 0 Å². The zero-order valence-corrected chi connectivity index (χ0v) is 41.6. The van der Waals surface area contributed by atoms with E-state index in [0.717, 1.165) is 63.7 Å². The smallest absolute Gasteiger partial charge is 0.306 e. The molecule has 1 unspecified atom stereocenters. The molecule has 2 atom stereocenters. The first-order chi connectivity index (χ1) is 29.9. The highest BCUT2D eigenvalue weighted by Gasteiger charge is 2.19. The van der Waals surface area contributed by atoms with E-state index >= 15 is 0 Å². The molecule has 0 bridgehead atoms. The minimum absolute atomic E-state index is 0.0624. The molecule has 0 aromatic carbocycles. The minimum atomic E-state index is -0.761. The summed E-state index contributed by atoms with van der Waals surface area (Å²) in [4.78, 5) is 38.0. The molecule has 0 aliphatic heterocycles. The largest absolute Gasteiger partial charge is 0.462 e. The zero-order valence-electron chi connectivity index (χ0n) is 41.6. The summed E-state index contributed by atoms with van der Waals surface area (Å²) in [5.74, 6) is 0.0273. The Bertz CT molecular complexity index is 920. The number of carbonyl (C=O) groups excluding carboxylic acids is 3. The van der Waals surface area contributed by atoms with Gasteiger partial charge in [-0.05, 0) is 25.2 Å². The van der Waals surface area contributed by atoms with Crippen LogP contribution in [0, 0.1) is 5.92 Å². The molecule has 0 saturated carbocycles. The predicted molar refractivity (Wildman–Crippen MR) is 261 cm³/mol. The van der Waals surface area contributed by atoms with Crippen LogP contribution in [0.25, 0.3) is 0 Å². The summed E-state index contributed by atoms with van der Waals surface area (Å²) in [7, 11) is 0. The second-order valence-electron chi connectivity index (χ2n) is 19.1. The van der Waals surface area contributed by atoms with Gasteiger partial charge in [-0.3, -0.25) is 14.4 Å². The van der Waals surface area contributed by atoms with Gasteiger partial charge in [-0.25, -0.2) is 0 Å². The molecule has 6 nitrogen and oxygen atoms in total. The quantitative estimate of drug-likeness (QED) is 0.0344. The third-order valence-corrected chi connectivity index (χ3v) is 12.9. The highest BCUT2D eigenvalue weighted by atomic mass is 16.6. The summed E-state index contributed by atoms with van der Waals surface area (Å²) in [5, 5.41) is 0. The van der Waals surface area contributed by atoms with Crippen LogP contribution < -0.4 is 0 Å². The van der Waals surface area contributed by atoms with E-state index in [1.54, 1.807) is 0 Å². The predicted octanol–water partition coefficient (Wildman–Crippen LogP) is 17.8. The maximum Gasteiger partial charge on any atom is 0.306 e. The lowest BCUT2D eigenvalue weighted by Crippen LogP contribution is -2.30. The Morgan fingerprint density at radius 2 is 0.574 bits per heavy atom. The van der Waals surface area contributed by atoms with Crippen LogP contribution in [-0.2, 0) is 28.6 Å². The lowest BCUT2D eigenvalue weighted by Gasteiger charge is -2.18. The SMILES string of the molecule is CCCCCCCCCCCCCCCCCCC(=O)OC[C@@H](COC(=O)CCCCCCCCCCCCCCC)OC(=O)CCCCCCCCCCCCC(C)CC. The average Bonchev–Trinajstić information content (AvgIpc) is 3.26. The molecule has 0 rings (SSSR count). The monoisotopic (exact) mass is 863 g/mol. The normalized spacial score (nSPS) is 12.4. The third kappa shape index (κ3) is 47.7. The molecule has 0 N–H and O–H groups in total. The summed E-state index contributed by atoms with van der Waals surface area (Å²) < 4.78 is 16.8. The number of unbranched alkanes of at least 4 members (excludes halogenated alkanes) is 36. The molecule has 0 heterocycles. The van der Waals surface area contributed by atoms with Crippen LogP contribution in [0.2, 0.25) is 0 Å². The van der Waals surface area contributed by atoms with Gasteiger partial charge >= 0.3 is 17.9 Å². The molecule has 0 saturated heterocycles. The molecule has 0 radical (unpaired) electrons. The summed E-state index contributed by atoms with van der Waals surface area (Å²) in [6, 6.07) is 0. The number of esters is 3. The van der Waals surface area contributed by atoms with E-state index in [2.05, 4.69) is 27.7 Å². The second-order valence-corrected chi connectivity index (χ2v) is 19.1. The average molecular weight is 863 g/mol. The Kier molecular flexibility index (Phi) is 48.1. The molecule has 0 aliphatic rings. The van der Waals surface area contributed by atoms with Gasteiger partial charge < -0.3 is 14.2 Å². The van der Waals surface area contributed by atoms with Crippen molar-refractivity contribution in [2.45, 2.75) is 316 Å². The first kappa shape index (κ1) is 59.4. The highest BCUT2D eigenvalue weighted by Crippen LogP contribution is 2.18. The summed E-state index contributed by atoms with van der Waals surface area (Å²) in [6.07, 6.45) is 52.2. The van der Waals surface area contributed by atoms with Crippen LogP contribution in [-0.4, -0.2) is 37.2 Å². The van der Waals surface area contributed by atoms with Gasteiger partial charge in [0.15, 0.2) is 6.10 Å². The van der Waals surface area contributed by atoms with Gasteiger partial charge in [0.25, 0.3) is 0 Å². The number of ether oxygens (including phenoxy) is 3. The van der Waals surface area contributed by atoms with Crippen molar-refractivity contribution in [3.05, 3.63) is 0 Å². The van der Waals surface area contributed by atoms with E-state index in [1.807, 2.05) is 0 Å². The van der Waals surface area contributed by atoms with Crippen molar-refractivity contribution in [1.82, 2.24) is 0 Å². The summed E-state index contributed by atoms with van der Waals surface area (Å²) in [5.41, 5.74) is 0. The Hall–Kier alpha value is -1.59. The summed E-state index contributed by atoms with van der Waals surface area (Å²) in [6.45, 7) is 9.06. The maximum atomic E-state index is 12.8. The molecule has 0 amide bonds. The lowest BCUT2D eigenvalue weighted by molar-refractivity contribution is -0.167. The van der Waals surface area contributed by atoms with Gasteiger partial charge in [0.05, 0.1) is 0 Å². The molecular formula is C55H106O6. The topological polar surface area (TPSA) is 78.9 Å². The molecule has 0 aliphatic carbocycles. The van der Waals surface area contributed by atoms with Crippen LogP contribution in [0.1, 0.15) is 310 Å². The van der Waals surface area contributed by atoms with Crippen molar-refractivity contribution in [1.29, 1.82) is 0 Å². The molecular weight excluding hydrogens is 757 g/mol. The highest BCUT2D eigenvalue weighted by molar-refractivity contribution is 5.71. The van der Waals surface area contributed by atoms with Gasteiger partial charge in [-0.2, -0.15) is 0 Å². The van der Waals surface area contributed by atoms with E-state index in [4.69, 9.17) is 14.2 Å². The lowest BCUT2D eigenvalue weighted by atomic mass is 9.99. The standard InChI is InChI=1S/C55H106O6/c1-5-8-10-12-14-16-18-20-21-22-24-26-31-35-39-43-47-54(57)60-50-52(49-59-53(56)46-42-38-34-30-25-23-19-17-15-13-11-9-6-2)61-55(58)48-44-40-36-32-28-27-29-33-37-41-45-51(4)7-3/h51-52H,5-50H2,1-4H3/t51?,52-/m1/s1. The Morgan fingerprint density at radius 3 is 0.852 bits per heavy atom. The number of hydrogen-bond acceptors (Lipinski definition) is 6. The molecule has 61 heavy (non-hydrogen) atoms. The van der Waals surface area contributed by atoms with E-state index in [9.17, 15) is 14.4 Å². The molecule has 362 valence electrons. The molecule has 0 fully saturated rings. The number of carbonyl (C=O) groups is 3. The number of rotatable bonds is 50. The van der Waals surface area contributed by atoms with Crippen molar-refractivity contribution in [3.8, 4) is 0 Å². The fraction of sp³-hybridized carbons (Fsp3) is 0.945. The maximum absolute atomic E-state index is 12.8. The van der Waals surface area contributed by atoms with Crippen molar-refractivity contribution in [3.63, 3.8) is 0 Å². The van der Waals surface area contributed by atoms with Crippen LogP contribution >= 0.6 is 0 Å². The van der Waals surface area contributed by atoms with E-state index in [1.165, 1.54) is 205 Å².